The van der Waals surface area contributed by atoms with E-state index in [9.17, 15) is 0 Å². The molecule has 92 valence electrons. The molecule has 3 aromatic rings. The fourth-order valence-corrected chi connectivity index (χ4v) is 2.05. The predicted molar refractivity (Wildman–Crippen MR) is 71.3 cm³/mol. The maximum atomic E-state index is 5.65. The highest BCUT2D eigenvalue weighted by atomic mass is 16.4. The number of oxazole rings is 1. The lowest BCUT2D eigenvalue weighted by molar-refractivity contribution is 0.518. The van der Waals surface area contributed by atoms with Gasteiger partial charge in [-0.1, -0.05) is 12.1 Å². The van der Waals surface area contributed by atoms with E-state index in [2.05, 4.69) is 35.1 Å². The average molecular weight is 241 g/mol. The predicted octanol–water partition coefficient (Wildman–Crippen LogP) is 2.63. The zero-order chi connectivity index (χ0) is 12.5. The molecule has 2 heterocycles. The molecule has 2 aromatic heterocycles. The van der Waals surface area contributed by atoms with Crippen LogP contribution in [0.2, 0.25) is 0 Å². The Kier molecular flexibility index (Phi) is 2.64. The van der Waals surface area contributed by atoms with E-state index in [0.717, 1.165) is 22.4 Å². The van der Waals surface area contributed by atoms with Gasteiger partial charge in [0, 0.05) is 17.3 Å². The third-order valence-electron chi connectivity index (χ3n) is 2.95. The van der Waals surface area contributed by atoms with Crippen LogP contribution in [0.1, 0.15) is 11.3 Å². The van der Waals surface area contributed by atoms with Crippen molar-refractivity contribution < 1.29 is 4.42 Å². The van der Waals surface area contributed by atoms with Gasteiger partial charge in [0.2, 0.25) is 5.89 Å². The molecule has 3 rings (SSSR count). The monoisotopic (exact) mass is 241 g/mol. The molecule has 3 N–H and O–H groups in total. The van der Waals surface area contributed by atoms with Crippen LogP contribution in [-0.4, -0.2) is 16.5 Å². The van der Waals surface area contributed by atoms with Crippen LogP contribution in [-0.2, 0) is 6.42 Å². The second-order valence-corrected chi connectivity index (χ2v) is 4.44. The summed E-state index contributed by atoms with van der Waals surface area (Å²) in [6, 6.07) is 8.35. The van der Waals surface area contributed by atoms with Crippen molar-refractivity contribution >= 4 is 10.9 Å². The van der Waals surface area contributed by atoms with Gasteiger partial charge in [-0.3, -0.25) is 0 Å². The first-order valence-electron chi connectivity index (χ1n) is 6.01. The van der Waals surface area contributed by atoms with E-state index in [1.807, 2.05) is 6.07 Å². The van der Waals surface area contributed by atoms with E-state index in [1.54, 1.807) is 6.20 Å². The van der Waals surface area contributed by atoms with Gasteiger partial charge >= 0.3 is 0 Å². The molecule has 0 fully saturated rings. The molecular formula is C14H15N3O. The molecule has 0 amide bonds. The van der Waals surface area contributed by atoms with Crippen molar-refractivity contribution in [2.45, 2.75) is 13.3 Å². The summed E-state index contributed by atoms with van der Waals surface area (Å²) in [6.07, 6.45) is 2.45. The number of hydrogen-bond donors (Lipinski definition) is 2. The van der Waals surface area contributed by atoms with Crippen LogP contribution in [0, 0.1) is 6.92 Å². The van der Waals surface area contributed by atoms with Gasteiger partial charge < -0.3 is 15.1 Å². The average Bonchev–Trinajstić information content (AvgIpc) is 2.94. The van der Waals surface area contributed by atoms with Crippen molar-refractivity contribution in [1.82, 2.24) is 9.97 Å². The normalized spacial score (nSPS) is 11.2. The van der Waals surface area contributed by atoms with E-state index < -0.39 is 0 Å². The second-order valence-electron chi connectivity index (χ2n) is 4.44. The Hall–Kier alpha value is -2.07. The summed E-state index contributed by atoms with van der Waals surface area (Å²) in [7, 11) is 0. The highest BCUT2D eigenvalue weighted by Gasteiger charge is 2.09. The first-order chi connectivity index (χ1) is 8.76. The van der Waals surface area contributed by atoms with Crippen LogP contribution in [0.3, 0.4) is 0 Å². The number of hydrogen-bond acceptors (Lipinski definition) is 3. The number of nitrogens with two attached hydrogens (primary N) is 1. The second kappa shape index (κ2) is 4.31. The van der Waals surface area contributed by atoms with Gasteiger partial charge in [-0.05, 0) is 31.2 Å². The van der Waals surface area contributed by atoms with E-state index in [0.29, 0.717) is 18.9 Å². The highest BCUT2D eigenvalue weighted by Crippen LogP contribution is 2.24. The molecule has 0 saturated carbocycles. The minimum atomic E-state index is 0.570. The Balaban J connectivity index is 2.02. The van der Waals surface area contributed by atoms with Gasteiger partial charge in [-0.25, -0.2) is 4.98 Å². The van der Waals surface area contributed by atoms with E-state index in [-0.39, 0.29) is 0 Å². The lowest BCUT2D eigenvalue weighted by Crippen LogP contribution is -2.01. The zero-order valence-electron chi connectivity index (χ0n) is 10.2. The van der Waals surface area contributed by atoms with E-state index in [4.69, 9.17) is 10.2 Å². The number of H-pyrrole nitrogens is 1. The van der Waals surface area contributed by atoms with Crippen LogP contribution in [0.4, 0.5) is 0 Å². The van der Waals surface area contributed by atoms with Crippen LogP contribution in [0.15, 0.2) is 34.9 Å². The molecule has 0 unspecified atom stereocenters. The molecule has 0 spiro atoms. The van der Waals surface area contributed by atoms with Gasteiger partial charge in [0.15, 0.2) is 0 Å². The number of aromatic nitrogens is 2. The molecule has 0 bridgehead atoms. The highest BCUT2D eigenvalue weighted by molar-refractivity contribution is 5.85. The summed E-state index contributed by atoms with van der Waals surface area (Å²) >= 11 is 0. The maximum absolute atomic E-state index is 5.65. The lowest BCUT2D eigenvalue weighted by atomic mass is 10.2. The Bertz CT molecular complexity index is 681. The number of aryl methyl sites for hydroxylation is 1. The summed E-state index contributed by atoms with van der Waals surface area (Å²) in [5.74, 6) is 1.44. The first-order valence-corrected chi connectivity index (χ1v) is 6.01. The van der Waals surface area contributed by atoms with Gasteiger partial charge in [-0.15, -0.1) is 0 Å². The first kappa shape index (κ1) is 11.0. The Morgan fingerprint density at radius 3 is 3.06 bits per heavy atom. The van der Waals surface area contributed by atoms with Gasteiger partial charge in [0.25, 0.3) is 0 Å². The smallest absolute Gasteiger partial charge is 0.243 e. The minimum Gasteiger partial charge on any atom is -0.440 e. The minimum absolute atomic E-state index is 0.570. The molecule has 0 atom stereocenters. The summed E-state index contributed by atoms with van der Waals surface area (Å²) in [6.45, 7) is 2.64. The van der Waals surface area contributed by atoms with Crippen molar-refractivity contribution in [3.05, 3.63) is 41.8 Å². The van der Waals surface area contributed by atoms with Crippen molar-refractivity contribution in [3.63, 3.8) is 0 Å². The number of nitrogens with zero attached hydrogens (tertiary/aromatic N) is 1. The van der Waals surface area contributed by atoms with Gasteiger partial charge in [0.1, 0.15) is 11.5 Å². The molecule has 18 heavy (non-hydrogen) atoms. The fourth-order valence-electron chi connectivity index (χ4n) is 2.05. The Morgan fingerprint density at radius 1 is 1.33 bits per heavy atom. The van der Waals surface area contributed by atoms with Crippen LogP contribution in [0.25, 0.3) is 22.5 Å². The van der Waals surface area contributed by atoms with E-state index >= 15 is 0 Å². The number of nitrogens with one attached hydrogen (secondary N) is 1. The molecule has 4 nitrogen and oxygen atoms in total. The number of fused-ring (bicyclic) bond motifs is 1. The van der Waals surface area contributed by atoms with Gasteiger partial charge in [0.05, 0.1) is 6.20 Å². The topological polar surface area (TPSA) is 67.8 Å². The van der Waals surface area contributed by atoms with Crippen LogP contribution >= 0.6 is 0 Å². The van der Waals surface area contributed by atoms with Gasteiger partial charge in [-0.2, -0.15) is 0 Å². The molecule has 0 saturated heterocycles. The molecule has 0 aliphatic rings. The van der Waals surface area contributed by atoms with Crippen molar-refractivity contribution in [2.75, 3.05) is 6.54 Å². The third kappa shape index (κ3) is 1.91. The fraction of sp³-hybridized carbons (Fsp3) is 0.214. The summed E-state index contributed by atoms with van der Waals surface area (Å²) in [4.78, 5) is 7.59. The summed E-state index contributed by atoms with van der Waals surface area (Å²) in [5.41, 5.74) is 8.72. The molecule has 0 radical (unpaired) electrons. The zero-order valence-corrected chi connectivity index (χ0v) is 10.2. The number of benzene rings is 1. The molecular weight excluding hydrogens is 226 g/mol. The molecule has 0 aliphatic carbocycles. The Labute approximate surface area is 105 Å². The van der Waals surface area contributed by atoms with Crippen molar-refractivity contribution in [1.29, 1.82) is 0 Å². The summed E-state index contributed by atoms with van der Waals surface area (Å²) in [5, 5.41) is 1.16. The largest absolute Gasteiger partial charge is 0.440 e. The number of rotatable bonds is 3. The van der Waals surface area contributed by atoms with Crippen LogP contribution < -0.4 is 5.73 Å². The molecule has 0 aliphatic heterocycles. The van der Waals surface area contributed by atoms with E-state index in [1.165, 1.54) is 5.56 Å². The Morgan fingerprint density at radius 2 is 2.22 bits per heavy atom. The molecule has 4 heteroatoms. The standard InChI is InChI=1S/C14H15N3O/c1-9-2-3-10-7-13(17-12(10)6-9)14-16-8-11(18-14)4-5-15/h2-3,6-8,17H,4-5,15H2,1H3. The maximum Gasteiger partial charge on any atom is 0.243 e. The molecule has 1 aromatic carbocycles. The summed E-state index contributed by atoms with van der Waals surface area (Å²) < 4.78 is 5.65. The third-order valence-corrected chi connectivity index (χ3v) is 2.95. The van der Waals surface area contributed by atoms with Crippen molar-refractivity contribution in [2.24, 2.45) is 5.73 Å². The number of aromatic amines is 1. The quantitative estimate of drug-likeness (QED) is 0.740. The lowest BCUT2D eigenvalue weighted by Gasteiger charge is -1.91. The SMILES string of the molecule is Cc1ccc2cc(-c3ncc(CCN)o3)[nH]c2c1. The van der Waals surface area contributed by atoms with Crippen LogP contribution in [0.5, 0.6) is 0 Å². The van der Waals surface area contributed by atoms with Crippen molar-refractivity contribution in [3.8, 4) is 11.6 Å².